The number of alkyl carbamates (subject to hydrolysis) is 1. The van der Waals surface area contributed by atoms with Crippen molar-refractivity contribution in [2.75, 3.05) is 5.75 Å². The number of benzene rings is 4. The van der Waals surface area contributed by atoms with Gasteiger partial charge < -0.3 is 24.6 Å². The zero-order chi connectivity index (χ0) is 35.9. The summed E-state index contributed by atoms with van der Waals surface area (Å²) < 4.78 is 19.9. The van der Waals surface area contributed by atoms with Crippen LogP contribution in [0.3, 0.4) is 0 Å². The van der Waals surface area contributed by atoms with Gasteiger partial charge in [0.2, 0.25) is 11.1 Å². The molecular formula is C38H36N6O7S. The predicted octanol–water partition coefficient (Wildman–Crippen LogP) is 5.05. The van der Waals surface area contributed by atoms with E-state index >= 15 is 0 Å². The summed E-state index contributed by atoms with van der Waals surface area (Å²) in [5, 5.41) is 25.0. The van der Waals surface area contributed by atoms with Crippen LogP contribution in [0, 0.1) is 0 Å². The Morgan fingerprint density at radius 3 is 2.29 bits per heavy atom. The molecule has 14 heteroatoms. The minimum Gasteiger partial charge on any atom is -0.445 e. The number of imide groups is 1. The average Bonchev–Trinajstić information content (AvgIpc) is 3.77. The molecule has 5 aromatic rings. The van der Waals surface area contributed by atoms with Gasteiger partial charge in [0.05, 0.1) is 37.5 Å². The smallest absolute Gasteiger partial charge is 0.408 e. The molecule has 2 saturated heterocycles. The third kappa shape index (κ3) is 8.37. The highest BCUT2D eigenvalue weighted by atomic mass is 32.2. The summed E-state index contributed by atoms with van der Waals surface area (Å²) in [5.74, 6) is -0.307. The van der Waals surface area contributed by atoms with Gasteiger partial charge in [0.1, 0.15) is 12.6 Å². The minimum absolute atomic E-state index is 0.0492. The summed E-state index contributed by atoms with van der Waals surface area (Å²) in [6.07, 6.45) is -1.53. The fourth-order valence-electron chi connectivity index (χ4n) is 6.02. The molecule has 0 aliphatic carbocycles. The Morgan fingerprint density at radius 2 is 1.56 bits per heavy atom. The molecule has 1 unspecified atom stereocenters. The van der Waals surface area contributed by atoms with Gasteiger partial charge in [-0.2, -0.15) is 4.68 Å². The fraction of sp³-hybridized carbons (Fsp3) is 0.263. The van der Waals surface area contributed by atoms with E-state index < -0.39 is 24.3 Å². The van der Waals surface area contributed by atoms with Gasteiger partial charge >= 0.3 is 6.09 Å². The van der Waals surface area contributed by atoms with E-state index in [-0.39, 0.29) is 44.3 Å². The maximum absolute atomic E-state index is 13.1. The Labute approximate surface area is 303 Å². The SMILES string of the molecule is O=C(NC1CC(=O)N(Cc2ccc([C@H]3O[C@@H](CSc4nnnn4-c4ccccc4)C[C@@H](c4ccc(CO)cc4)O3)cc2)C1=O)OCc1ccccc1. The van der Waals surface area contributed by atoms with Gasteiger partial charge in [-0.05, 0) is 44.8 Å². The summed E-state index contributed by atoms with van der Waals surface area (Å²) in [7, 11) is 0. The Balaban J connectivity index is 1.00. The van der Waals surface area contributed by atoms with Crippen LogP contribution in [0.15, 0.2) is 114 Å². The van der Waals surface area contributed by atoms with Gasteiger partial charge in [0.25, 0.3) is 5.91 Å². The molecule has 52 heavy (non-hydrogen) atoms. The molecule has 2 N–H and O–H groups in total. The van der Waals surface area contributed by atoms with Gasteiger partial charge in [-0.3, -0.25) is 14.5 Å². The normalized spacial score (nSPS) is 20.2. The molecular weight excluding hydrogens is 685 g/mol. The van der Waals surface area contributed by atoms with Crippen LogP contribution in [-0.2, 0) is 43.6 Å². The van der Waals surface area contributed by atoms with Crippen LogP contribution in [0.2, 0.25) is 0 Å². The van der Waals surface area contributed by atoms with Crippen molar-refractivity contribution in [3.8, 4) is 5.69 Å². The zero-order valence-electron chi connectivity index (χ0n) is 28.0. The van der Waals surface area contributed by atoms with Crippen molar-refractivity contribution in [1.29, 1.82) is 0 Å². The maximum Gasteiger partial charge on any atom is 0.408 e. The second kappa shape index (κ2) is 16.3. The van der Waals surface area contributed by atoms with Crippen LogP contribution in [0.5, 0.6) is 0 Å². The van der Waals surface area contributed by atoms with Gasteiger partial charge in [0.15, 0.2) is 6.29 Å². The van der Waals surface area contributed by atoms with Crippen LogP contribution in [-0.4, -0.2) is 66.0 Å². The van der Waals surface area contributed by atoms with E-state index in [2.05, 4.69) is 20.8 Å². The third-order valence-electron chi connectivity index (χ3n) is 8.80. The number of nitrogens with zero attached hydrogens (tertiary/aromatic N) is 5. The number of carbonyl (C=O) groups is 3. The number of amides is 3. The van der Waals surface area contributed by atoms with Crippen molar-refractivity contribution in [2.24, 2.45) is 0 Å². The van der Waals surface area contributed by atoms with Crippen LogP contribution < -0.4 is 5.32 Å². The van der Waals surface area contributed by atoms with Crippen molar-refractivity contribution in [3.63, 3.8) is 0 Å². The first-order valence-electron chi connectivity index (χ1n) is 16.8. The molecule has 13 nitrogen and oxygen atoms in total. The lowest BCUT2D eigenvalue weighted by Gasteiger charge is -2.36. The first kappa shape index (κ1) is 35.0. The van der Waals surface area contributed by atoms with Crippen LogP contribution in [0.1, 0.15) is 53.1 Å². The number of carbonyl (C=O) groups excluding carboxylic acids is 3. The number of likely N-dealkylation sites (tertiary alicyclic amines) is 1. The van der Waals surface area contributed by atoms with E-state index in [1.54, 1.807) is 4.68 Å². The number of aliphatic hydroxyl groups excluding tert-OH is 1. The van der Waals surface area contributed by atoms with E-state index in [0.29, 0.717) is 17.3 Å². The summed E-state index contributed by atoms with van der Waals surface area (Å²) >= 11 is 1.49. The first-order valence-corrected chi connectivity index (χ1v) is 17.8. The molecule has 0 radical (unpaired) electrons. The number of ether oxygens (including phenoxy) is 3. The second-order valence-electron chi connectivity index (χ2n) is 12.4. The lowest BCUT2D eigenvalue weighted by molar-refractivity contribution is -0.245. The zero-order valence-corrected chi connectivity index (χ0v) is 28.8. The number of aromatic nitrogens is 4. The molecule has 0 bridgehead atoms. The van der Waals surface area contributed by atoms with Crippen molar-refractivity contribution < 1.29 is 33.7 Å². The molecule has 2 fully saturated rings. The van der Waals surface area contributed by atoms with Gasteiger partial charge in [-0.25, -0.2) is 4.79 Å². The molecule has 4 atom stereocenters. The molecule has 3 heterocycles. The Kier molecular flexibility index (Phi) is 11.0. The first-order chi connectivity index (χ1) is 25.4. The molecule has 3 amide bonds. The van der Waals surface area contributed by atoms with E-state index in [1.807, 2.05) is 109 Å². The van der Waals surface area contributed by atoms with Crippen LogP contribution in [0.25, 0.3) is 5.69 Å². The fourth-order valence-corrected chi connectivity index (χ4v) is 6.93. The highest BCUT2D eigenvalue weighted by Crippen LogP contribution is 2.39. The standard InChI is InChI=1S/C38H36N6O7S/c45-22-26-13-15-28(16-14-26)33-19-31(24-52-37-40-41-42-44(37)30-9-5-2-6-10-30)50-36(51-33)29-17-11-25(12-18-29)21-43-34(46)20-32(35(43)47)39-38(48)49-23-27-7-3-1-4-8-27/h1-18,31-33,36,45H,19-24H2,(H,39,48)/t31-,32?,33+,36+/m1/s1. The lowest BCUT2D eigenvalue weighted by Crippen LogP contribution is -2.41. The van der Waals surface area contributed by atoms with E-state index in [9.17, 15) is 19.5 Å². The monoisotopic (exact) mass is 720 g/mol. The highest BCUT2D eigenvalue weighted by molar-refractivity contribution is 7.99. The Morgan fingerprint density at radius 1 is 0.865 bits per heavy atom. The van der Waals surface area contributed by atoms with Crippen molar-refractivity contribution in [2.45, 2.75) is 62.3 Å². The lowest BCUT2D eigenvalue weighted by atomic mass is 10.0. The number of thioether (sulfide) groups is 1. The number of aliphatic hydroxyl groups is 1. The van der Waals surface area contributed by atoms with Crippen molar-refractivity contribution in [1.82, 2.24) is 30.4 Å². The number of tetrazole rings is 1. The molecule has 266 valence electrons. The van der Waals surface area contributed by atoms with Gasteiger partial charge in [-0.1, -0.05) is 109 Å². The van der Waals surface area contributed by atoms with E-state index in [4.69, 9.17) is 14.2 Å². The summed E-state index contributed by atoms with van der Waals surface area (Å²) in [4.78, 5) is 39.4. The van der Waals surface area contributed by atoms with Gasteiger partial charge in [-0.15, -0.1) is 5.10 Å². The number of nitrogens with one attached hydrogen (secondary N) is 1. The summed E-state index contributed by atoms with van der Waals surface area (Å²) in [6.45, 7) is 0.0557. The molecule has 0 spiro atoms. The molecule has 2 aliphatic rings. The average molecular weight is 721 g/mol. The molecule has 1 aromatic heterocycles. The maximum atomic E-state index is 13.1. The second-order valence-corrected chi connectivity index (χ2v) is 13.4. The Bertz CT molecular complexity index is 1980. The predicted molar refractivity (Wildman–Crippen MR) is 188 cm³/mol. The third-order valence-corrected chi connectivity index (χ3v) is 9.85. The van der Waals surface area contributed by atoms with Crippen LogP contribution >= 0.6 is 11.8 Å². The number of hydrogen-bond donors (Lipinski definition) is 2. The van der Waals surface area contributed by atoms with Crippen molar-refractivity contribution >= 4 is 29.7 Å². The largest absolute Gasteiger partial charge is 0.445 e. The number of para-hydroxylation sites is 1. The van der Waals surface area contributed by atoms with E-state index in [0.717, 1.165) is 38.4 Å². The molecule has 4 aromatic carbocycles. The molecule has 0 saturated carbocycles. The van der Waals surface area contributed by atoms with Crippen LogP contribution in [0.4, 0.5) is 4.79 Å². The van der Waals surface area contributed by atoms with E-state index in [1.165, 1.54) is 11.8 Å². The van der Waals surface area contributed by atoms with Crippen molar-refractivity contribution in [3.05, 3.63) is 137 Å². The minimum atomic E-state index is -0.991. The molecule has 7 rings (SSSR count). The topological polar surface area (TPSA) is 158 Å². The summed E-state index contributed by atoms with van der Waals surface area (Å²) in [6, 6.07) is 32.9. The van der Waals surface area contributed by atoms with Gasteiger partial charge in [0, 0.05) is 17.7 Å². The number of rotatable bonds is 12. The Hall–Kier alpha value is -5.41. The summed E-state index contributed by atoms with van der Waals surface area (Å²) in [5.41, 5.74) is 4.93. The molecule has 2 aliphatic heterocycles. The highest BCUT2D eigenvalue weighted by Gasteiger charge is 2.40. The quantitative estimate of drug-likeness (QED) is 0.131. The number of hydrogen-bond acceptors (Lipinski definition) is 11.